The van der Waals surface area contributed by atoms with Crippen molar-refractivity contribution in [3.8, 4) is 0 Å². The molecule has 0 bridgehead atoms. The lowest BCUT2D eigenvalue weighted by Crippen LogP contribution is -2.21. The molecule has 29 heavy (non-hydrogen) atoms. The van der Waals surface area contributed by atoms with Crippen molar-refractivity contribution in [2.75, 3.05) is 10.2 Å². The lowest BCUT2D eigenvalue weighted by atomic mass is 10.2. The number of anilines is 3. The summed E-state index contributed by atoms with van der Waals surface area (Å²) in [5.74, 6) is 0.202. The van der Waals surface area contributed by atoms with Gasteiger partial charge in [-0.15, -0.1) is 0 Å². The molecule has 142 valence electrons. The zero-order valence-corrected chi connectivity index (χ0v) is 15.8. The molecule has 1 N–H and O–H groups in total. The molecule has 4 aromatic rings. The number of rotatable bonds is 6. The highest BCUT2D eigenvalue weighted by Crippen LogP contribution is 2.24. The molecule has 0 aliphatic carbocycles. The molecule has 4 rings (SSSR count). The average Bonchev–Trinajstić information content (AvgIpc) is 2.79. The topological polar surface area (TPSA) is 58.1 Å². The minimum atomic E-state index is -0.271. The van der Waals surface area contributed by atoms with E-state index in [0.717, 1.165) is 16.9 Å². The smallest absolute Gasteiger partial charge is 0.274 e. The molecule has 3 aromatic carbocycles. The van der Waals surface area contributed by atoms with Gasteiger partial charge in [0.05, 0.1) is 6.54 Å². The van der Waals surface area contributed by atoms with Crippen LogP contribution in [0.15, 0.2) is 103 Å². The Bertz CT molecular complexity index is 1070. The maximum Gasteiger partial charge on any atom is 0.274 e. The van der Waals surface area contributed by atoms with Crippen LogP contribution in [0.5, 0.6) is 0 Å². The van der Waals surface area contributed by atoms with E-state index in [4.69, 9.17) is 0 Å². The van der Waals surface area contributed by atoms with Crippen molar-refractivity contribution in [1.82, 2.24) is 9.97 Å². The lowest BCUT2D eigenvalue weighted by molar-refractivity contribution is 0.102. The van der Waals surface area contributed by atoms with Crippen molar-refractivity contribution in [2.45, 2.75) is 6.54 Å². The Morgan fingerprint density at radius 2 is 1.41 bits per heavy atom. The highest BCUT2D eigenvalue weighted by atomic mass is 16.1. The Balaban J connectivity index is 1.64. The van der Waals surface area contributed by atoms with Crippen LogP contribution in [0, 0.1) is 0 Å². The fourth-order valence-corrected chi connectivity index (χ4v) is 2.97. The first kappa shape index (κ1) is 18.4. The van der Waals surface area contributed by atoms with E-state index in [-0.39, 0.29) is 5.91 Å². The zero-order chi connectivity index (χ0) is 19.9. The Kier molecular flexibility index (Phi) is 5.58. The van der Waals surface area contributed by atoms with Gasteiger partial charge in [-0.1, -0.05) is 66.7 Å². The third-order valence-corrected chi connectivity index (χ3v) is 4.40. The first-order chi connectivity index (χ1) is 14.3. The van der Waals surface area contributed by atoms with Crippen LogP contribution in [0.25, 0.3) is 0 Å². The van der Waals surface area contributed by atoms with E-state index in [0.29, 0.717) is 18.2 Å². The SMILES string of the molecule is O=C(Nc1ccccc1)c1ccnc(N(Cc2ccccc2)c2ccccc2)n1. The number of carbonyl (C=O) groups is 1. The van der Waals surface area contributed by atoms with Crippen LogP contribution in [0.2, 0.25) is 0 Å². The predicted octanol–water partition coefficient (Wildman–Crippen LogP) is 5.07. The van der Waals surface area contributed by atoms with E-state index in [1.165, 1.54) is 0 Å². The van der Waals surface area contributed by atoms with Crippen LogP contribution in [0.1, 0.15) is 16.1 Å². The van der Waals surface area contributed by atoms with Gasteiger partial charge in [0.15, 0.2) is 0 Å². The number of benzene rings is 3. The van der Waals surface area contributed by atoms with Gasteiger partial charge in [0, 0.05) is 17.6 Å². The van der Waals surface area contributed by atoms with Gasteiger partial charge in [-0.05, 0) is 35.9 Å². The van der Waals surface area contributed by atoms with Crippen molar-refractivity contribution in [2.24, 2.45) is 0 Å². The molecule has 0 spiro atoms. The standard InChI is InChI=1S/C24H20N4O/c29-23(26-20-12-6-2-7-13-20)22-16-17-25-24(27-22)28(21-14-8-3-9-15-21)18-19-10-4-1-5-11-19/h1-17H,18H2,(H,26,29). The molecule has 0 radical (unpaired) electrons. The second-order valence-corrected chi connectivity index (χ2v) is 6.47. The summed E-state index contributed by atoms with van der Waals surface area (Å²) in [6.07, 6.45) is 1.61. The zero-order valence-electron chi connectivity index (χ0n) is 15.8. The third-order valence-electron chi connectivity index (χ3n) is 4.40. The summed E-state index contributed by atoms with van der Waals surface area (Å²) in [7, 11) is 0. The Hall–Kier alpha value is -3.99. The van der Waals surface area contributed by atoms with Crippen LogP contribution >= 0.6 is 0 Å². The number of aromatic nitrogens is 2. The summed E-state index contributed by atoms with van der Waals surface area (Å²) < 4.78 is 0. The Morgan fingerprint density at radius 3 is 2.10 bits per heavy atom. The lowest BCUT2D eigenvalue weighted by Gasteiger charge is -2.23. The predicted molar refractivity (Wildman–Crippen MR) is 115 cm³/mol. The van der Waals surface area contributed by atoms with E-state index >= 15 is 0 Å². The maximum atomic E-state index is 12.7. The molecule has 5 nitrogen and oxygen atoms in total. The van der Waals surface area contributed by atoms with Gasteiger partial charge in [0.1, 0.15) is 5.69 Å². The Morgan fingerprint density at radius 1 is 0.793 bits per heavy atom. The van der Waals surface area contributed by atoms with Gasteiger partial charge < -0.3 is 10.2 Å². The van der Waals surface area contributed by atoms with Gasteiger partial charge in [-0.3, -0.25) is 4.79 Å². The minimum Gasteiger partial charge on any atom is -0.321 e. The average molecular weight is 380 g/mol. The summed E-state index contributed by atoms with van der Waals surface area (Å²) in [4.78, 5) is 23.6. The second-order valence-electron chi connectivity index (χ2n) is 6.47. The number of nitrogens with one attached hydrogen (secondary N) is 1. The number of hydrogen-bond acceptors (Lipinski definition) is 4. The molecule has 5 heteroatoms. The van der Waals surface area contributed by atoms with Crippen molar-refractivity contribution < 1.29 is 4.79 Å². The van der Waals surface area contributed by atoms with Crippen molar-refractivity contribution in [3.63, 3.8) is 0 Å². The van der Waals surface area contributed by atoms with Crippen LogP contribution in [0.4, 0.5) is 17.3 Å². The molecule has 0 aliphatic heterocycles. The molecule has 0 fully saturated rings. The van der Waals surface area contributed by atoms with Crippen LogP contribution in [-0.4, -0.2) is 15.9 Å². The molecular formula is C24H20N4O. The van der Waals surface area contributed by atoms with E-state index in [1.54, 1.807) is 12.3 Å². The van der Waals surface area contributed by atoms with Gasteiger partial charge in [0.25, 0.3) is 5.91 Å². The van der Waals surface area contributed by atoms with Crippen LogP contribution in [0.3, 0.4) is 0 Å². The molecule has 0 aliphatic rings. The normalized spacial score (nSPS) is 10.3. The van der Waals surface area contributed by atoms with Crippen molar-refractivity contribution in [1.29, 1.82) is 0 Å². The summed E-state index contributed by atoms with van der Waals surface area (Å²) in [6.45, 7) is 0.592. The molecule has 0 atom stereocenters. The van der Waals surface area contributed by atoms with E-state index in [1.807, 2.05) is 83.8 Å². The van der Waals surface area contributed by atoms with Crippen molar-refractivity contribution in [3.05, 3.63) is 115 Å². The van der Waals surface area contributed by atoms with Crippen molar-refractivity contribution >= 4 is 23.2 Å². The minimum absolute atomic E-state index is 0.271. The number of carbonyl (C=O) groups excluding carboxylic acids is 1. The number of amides is 1. The Labute approximate surface area is 169 Å². The van der Waals surface area contributed by atoms with Gasteiger partial charge in [0.2, 0.25) is 5.95 Å². The molecule has 1 aromatic heterocycles. The first-order valence-corrected chi connectivity index (χ1v) is 9.35. The second kappa shape index (κ2) is 8.80. The molecular weight excluding hydrogens is 360 g/mol. The fraction of sp³-hybridized carbons (Fsp3) is 0.0417. The summed E-state index contributed by atoms with van der Waals surface area (Å²) in [5.41, 5.74) is 3.12. The monoisotopic (exact) mass is 380 g/mol. The quantitative estimate of drug-likeness (QED) is 0.507. The highest BCUT2D eigenvalue weighted by Gasteiger charge is 2.16. The number of para-hydroxylation sites is 2. The van der Waals surface area contributed by atoms with Crippen LogP contribution in [-0.2, 0) is 6.54 Å². The van der Waals surface area contributed by atoms with Gasteiger partial charge in [-0.25, -0.2) is 9.97 Å². The maximum absolute atomic E-state index is 12.7. The molecule has 0 saturated carbocycles. The summed E-state index contributed by atoms with van der Waals surface area (Å²) >= 11 is 0. The van der Waals surface area contributed by atoms with E-state index < -0.39 is 0 Å². The van der Waals surface area contributed by atoms with Crippen LogP contribution < -0.4 is 10.2 Å². The van der Waals surface area contributed by atoms with Gasteiger partial charge in [-0.2, -0.15) is 0 Å². The number of nitrogens with zero attached hydrogens (tertiary/aromatic N) is 3. The fourth-order valence-electron chi connectivity index (χ4n) is 2.97. The molecule has 1 amide bonds. The summed E-state index contributed by atoms with van der Waals surface area (Å²) in [5, 5.41) is 2.87. The largest absolute Gasteiger partial charge is 0.321 e. The molecule has 0 saturated heterocycles. The van der Waals surface area contributed by atoms with E-state index in [2.05, 4.69) is 27.4 Å². The highest BCUT2D eigenvalue weighted by molar-refractivity contribution is 6.03. The number of hydrogen-bond donors (Lipinski definition) is 1. The molecule has 1 heterocycles. The third kappa shape index (κ3) is 4.65. The first-order valence-electron chi connectivity index (χ1n) is 9.35. The van der Waals surface area contributed by atoms with Gasteiger partial charge >= 0.3 is 0 Å². The molecule has 0 unspecified atom stereocenters. The van der Waals surface area contributed by atoms with E-state index in [9.17, 15) is 4.79 Å². The summed E-state index contributed by atoms with van der Waals surface area (Å²) in [6, 6.07) is 31.0.